The number of H-pyrrole nitrogens is 1. The maximum absolute atomic E-state index is 13.0. The Balaban J connectivity index is 1.57. The maximum atomic E-state index is 13.0. The van der Waals surface area contributed by atoms with Gasteiger partial charge in [-0.3, -0.25) is 4.79 Å². The number of nitrogens with zero attached hydrogens (tertiary/aromatic N) is 1. The van der Waals surface area contributed by atoms with Crippen molar-refractivity contribution >= 4 is 28.2 Å². The number of fused-ring (bicyclic) bond motifs is 1. The van der Waals surface area contributed by atoms with Crippen molar-refractivity contribution in [1.29, 1.82) is 0 Å². The molecule has 0 aliphatic carbocycles. The minimum atomic E-state index is -0.146. The van der Waals surface area contributed by atoms with Crippen molar-refractivity contribution in [3.05, 3.63) is 69.5 Å². The highest BCUT2D eigenvalue weighted by Gasteiger charge is 2.19. The average Bonchev–Trinajstić information content (AvgIpc) is 3.38. The summed E-state index contributed by atoms with van der Waals surface area (Å²) < 4.78 is 16.5. The van der Waals surface area contributed by atoms with Crippen LogP contribution in [0.4, 0.5) is 0 Å². The smallest absolute Gasteiger partial charge is 0.253 e. The number of hydrogen-bond donors (Lipinski definition) is 2. The van der Waals surface area contributed by atoms with E-state index < -0.39 is 0 Å². The van der Waals surface area contributed by atoms with E-state index in [1.807, 2.05) is 12.1 Å². The van der Waals surface area contributed by atoms with Gasteiger partial charge in [-0.25, -0.2) is 0 Å². The van der Waals surface area contributed by atoms with Gasteiger partial charge in [-0.05, 0) is 56.1 Å². The quantitative estimate of drug-likeness (QED) is 0.435. The summed E-state index contributed by atoms with van der Waals surface area (Å²) in [5, 5.41) is 4.86. The van der Waals surface area contributed by atoms with E-state index in [4.69, 9.17) is 26.4 Å². The summed E-state index contributed by atoms with van der Waals surface area (Å²) in [6.45, 7) is 4.64. The van der Waals surface area contributed by atoms with Gasteiger partial charge in [0.05, 0.1) is 32.4 Å². The number of hydrogen-bond acceptors (Lipinski definition) is 5. The second kappa shape index (κ2) is 11.6. The van der Waals surface area contributed by atoms with Crippen molar-refractivity contribution in [3.8, 4) is 11.5 Å². The summed E-state index contributed by atoms with van der Waals surface area (Å²) in [7, 11) is 3.17. The third-order valence-corrected chi connectivity index (χ3v) is 6.73. The fourth-order valence-electron chi connectivity index (χ4n) is 4.40. The summed E-state index contributed by atoms with van der Waals surface area (Å²) in [4.78, 5) is 18.0. The van der Waals surface area contributed by atoms with Crippen LogP contribution in [-0.4, -0.2) is 55.0 Å². The molecule has 35 heavy (non-hydrogen) atoms. The molecule has 0 radical (unpaired) electrons. The predicted octanol–water partition coefficient (Wildman–Crippen LogP) is 3.95. The summed E-state index contributed by atoms with van der Waals surface area (Å²) in [6, 6.07) is 14.0. The lowest BCUT2D eigenvalue weighted by Gasteiger charge is -2.27. The number of ether oxygens (including phenoxy) is 3. The van der Waals surface area contributed by atoms with Gasteiger partial charge in [-0.2, -0.15) is 0 Å². The van der Waals surface area contributed by atoms with Gasteiger partial charge in [-0.1, -0.05) is 29.8 Å². The molecule has 0 amide bonds. The molecule has 1 unspecified atom stereocenters. The Kier molecular flexibility index (Phi) is 8.25. The number of rotatable bonds is 9. The van der Waals surface area contributed by atoms with Gasteiger partial charge in [-0.15, -0.1) is 0 Å². The molecular formula is C27H33N3O4S. The first-order valence-corrected chi connectivity index (χ1v) is 12.4. The number of aromatic amines is 1. The lowest BCUT2D eigenvalue weighted by molar-refractivity contribution is 0.113. The second-order valence-corrected chi connectivity index (χ2v) is 9.29. The molecule has 8 heteroatoms. The van der Waals surface area contributed by atoms with E-state index in [-0.39, 0.29) is 11.7 Å². The summed E-state index contributed by atoms with van der Waals surface area (Å²) in [5.41, 5.74) is 3.65. The highest BCUT2D eigenvalue weighted by molar-refractivity contribution is 7.80. The number of aromatic nitrogens is 1. The van der Waals surface area contributed by atoms with E-state index in [1.165, 1.54) is 11.1 Å². The fourth-order valence-corrected chi connectivity index (χ4v) is 4.64. The molecule has 2 aromatic carbocycles. The first kappa shape index (κ1) is 25.0. The predicted molar refractivity (Wildman–Crippen MR) is 143 cm³/mol. The molecule has 186 valence electrons. The number of nitrogens with one attached hydrogen (secondary N) is 2. The van der Waals surface area contributed by atoms with E-state index >= 15 is 0 Å². The maximum Gasteiger partial charge on any atom is 0.253 e. The Morgan fingerprint density at radius 1 is 1.20 bits per heavy atom. The van der Waals surface area contributed by atoms with Crippen LogP contribution in [0.3, 0.4) is 0 Å². The van der Waals surface area contributed by atoms with Crippen LogP contribution in [0.2, 0.25) is 0 Å². The van der Waals surface area contributed by atoms with Gasteiger partial charge >= 0.3 is 0 Å². The van der Waals surface area contributed by atoms with Gasteiger partial charge in [0.15, 0.2) is 16.6 Å². The zero-order valence-electron chi connectivity index (χ0n) is 20.6. The summed E-state index contributed by atoms with van der Waals surface area (Å²) >= 11 is 5.77. The van der Waals surface area contributed by atoms with Crippen molar-refractivity contribution in [3.63, 3.8) is 0 Å². The minimum Gasteiger partial charge on any atom is -0.493 e. The number of aryl methyl sites for hydroxylation is 1. The molecule has 4 rings (SSSR count). The van der Waals surface area contributed by atoms with Crippen LogP contribution >= 0.6 is 12.2 Å². The Bertz CT molecular complexity index is 1240. The average molecular weight is 496 g/mol. The van der Waals surface area contributed by atoms with Crippen LogP contribution in [0.1, 0.15) is 29.5 Å². The SMILES string of the molecule is COc1cc2cc(CN(CCc3cccc(C)c3)C(=S)NCC3CCCO3)c(=O)[nH]c2cc1OC. The van der Waals surface area contributed by atoms with E-state index in [2.05, 4.69) is 46.4 Å². The van der Waals surface area contributed by atoms with Crippen LogP contribution in [-0.2, 0) is 17.7 Å². The number of thiocarbonyl (C=S) groups is 1. The van der Waals surface area contributed by atoms with Crippen molar-refractivity contribution in [2.45, 2.75) is 38.8 Å². The summed E-state index contributed by atoms with van der Waals surface area (Å²) in [5.74, 6) is 1.19. The lowest BCUT2D eigenvalue weighted by atomic mass is 10.1. The molecule has 1 aliphatic heterocycles. The van der Waals surface area contributed by atoms with E-state index in [0.29, 0.717) is 47.3 Å². The van der Waals surface area contributed by atoms with E-state index in [0.717, 1.165) is 31.3 Å². The third-order valence-electron chi connectivity index (χ3n) is 6.33. The van der Waals surface area contributed by atoms with Crippen molar-refractivity contribution < 1.29 is 14.2 Å². The standard InChI is InChI=1S/C27H33N3O4S/c1-18-6-4-7-19(12-18)9-10-30(27(35)28-16-22-8-5-11-34-22)17-21-13-20-14-24(32-2)25(33-3)15-23(20)29-26(21)31/h4,6-7,12-15,22H,5,8-11,16-17H2,1-3H3,(H,28,35)(H,29,31). The van der Waals surface area contributed by atoms with Gasteiger partial charge in [0.2, 0.25) is 0 Å². The molecule has 2 heterocycles. The van der Waals surface area contributed by atoms with Crippen LogP contribution < -0.4 is 20.3 Å². The molecular weight excluding hydrogens is 462 g/mol. The highest BCUT2D eigenvalue weighted by Crippen LogP contribution is 2.31. The monoisotopic (exact) mass is 495 g/mol. The molecule has 0 saturated carbocycles. The second-order valence-electron chi connectivity index (χ2n) is 8.90. The Morgan fingerprint density at radius 3 is 2.71 bits per heavy atom. The van der Waals surface area contributed by atoms with Crippen molar-refractivity contribution in [2.75, 3.05) is 33.9 Å². The first-order valence-electron chi connectivity index (χ1n) is 11.9. The number of pyridine rings is 1. The van der Waals surface area contributed by atoms with E-state index in [9.17, 15) is 4.79 Å². The van der Waals surface area contributed by atoms with Crippen LogP contribution in [0.5, 0.6) is 11.5 Å². The van der Waals surface area contributed by atoms with Gasteiger partial charge < -0.3 is 29.4 Å². The third kappa shape index (κ3) is 6.32. The first-order chi connectivity index (χ1) is 17.0. The molecule has 2 N–H and O–H groups in total. The molecule has 7 nitrogen and oxygen atoms in total. The topological polar surface area (TPSA) is 75.8 Å². The van der Waals surface area contributed by atoms with E-state index in [1.54, 1.807) is 20.3 Å². The van der Waals surface area contributed by atoms with Gasteiger partial charge in [0.25, 0.3) is 5.56 Å². The van der Waals surface area contributed by atoms with Gasteiger partial charge in [0.1, 0.15) is 0 Å². The normalized spacial score (nSPS) is 15.2. The number of benzene rings is 2. The molecule has 1 aliphatic rings. The molecule has 0 bridgehead atoms. The van der Waals surface area contributed by atoms with Crippen LogP contribution in [0, 0.1) is 6.92 Å². The molecule has 1 fully saturated rings. The van der Waals surface area contributed by atoms with Gasteiger partial charge in [0, 0.05) is 36.7 Å². The zero-order valence-corrected chi connectivity index (χ0v) is 21.4. The Morgan fingerprint density at radius 2 is 2.00 bits per heavy atom. The zero-order chi connectivity index (χ0) is 24.8. The molecule has 1 saturated heterocycles. The Labute approximate surface area is 211 Å². The van der Waals surface area contributed by atoms with Crippen LogP contribution in [0.15, 0.2) is 47.3 Å². The highest BCUT2D eigenvalue weighted by atomic mass is 32.1. The van der Waals surface area contributed by atoms with Crippen molar-refractivity contribution in [2.24, 2.45) is 0 Å². The Hall–Kier alpha value is -3.10. The molecule has 1 atom stereocenters. The summed E-state index contributed by atoms with van der Waals surface area (Å²) in [6.07, 6.45) is 3.11. The van der Waals surface area contributed by atoms with Crippen molar-refractivity contribution in [1.82, 2.24) is 15.2 Å². The minimum absolute atomic E-state index is 0.146. The molecule has 3 aromatic rings. The number of methoxy groups -OCH3 is 2. The largest absolute Gasteiger partial charge is 0.493 e. The fraction of sp³-hybridized carbons (Fsp3) is 0.407. The molecule has 0 spiro atoms. The molecule has 1 aromatic heterocycles. The lowest BCUT2D eigenvalue weighted by Crippen LogP contribution is -2.43. The van der Waals surface area contributed by atoms with Crippen LogP contribution in [0.25, 0.3) is 10.9 Å².